The zero-order valence-corrected chi connectivity index (χ0v) is 9.76. The molecule has 0 aromatic rings. The fourth-order valence-corrected chi connectivity index (χ4v) is 2.58. The van der Waals surface area contributed by atoms with Crippen LogP contribution in [0.1, 0.15) is 32.1 Å². The van der Waals surface area contributed by atoms with Crippen LogP contribution in [0.25, 0.3) is 0 Å². The van der Waals surface area contributed by atoms with Gasteiger partial charge in [0.15, 0.2) is 0 Å². The van der Waals surface area contributed by atoms with Gasteiger partial charge < -0.3 is 15.5 Å². The lowest BCUT2D eigenvalue weighted by molar-refractivity contribution is -0.140. The molecule has 4 atom stereocenters. The van der Waals surface area contributed by atoms with Gasteiger partial charge in [0.1, 0.15) is 0 Å². The summed E-state index contributed by atoms with van der Waals surface area (Å²) in [6.07, 6.45) is 3.86. The van der Waals surface area contributed by atoms with E-state index in [0.717, 1.165) is 25.7 Å². The first kappa shape index (κ1) is 12.4. The maximum atomic E-state index is 11.6. The topological polar surface area (TPSA) is 86.6 Å². The molecule has 1 amide bonds. The maximum absolute atomic E-state index is 11.6. The molecule has 2 fully saturated rings. The zero-order valence-electron chi connectivity index (χ0n) is 9.76. The Morgan fingerprint density at radius 2 is 1.94 bits per heavy atom. The quantitative estimate of drug-likeness (QED) is 0.664. The average Bonchev–Trinajstić information content (AvgIpc) is 3.06. The van der Waals surface area contributed by atoms with Crippen LogP contribution in [0.3, 0.4) is 0 Å². The highest BCUT2D eigenvalue weighted by molar-refractivity contribution is 5.89. The first-order valence-electron chi connectivity index (χ1n) is 6.26. The van der Waals surface area contributed by atoms with Crippen LogP contribution in [-0.2, 0) is 9.59 Å². The highest BCUT2D eigenvalue weighted by Gasteiger charge is 2.48. The van der Waals surface area contributed by atoms with Gasteiger partial charge in [-0.25, -0.2) is 0 Å². The summed E-state index contributed by atoms with van der Waals surface area (Å²) >= 11 is 0. The predicted octanol–water partition coefficient (Wildman–Crippen LogP) is 0.374. The van der Waals surface area contributed by atoms with Crippen LogP contribution >= 0.6 is 0 Å². The van der Waals surface area contributed by atoms with E-state index < -0.39 is 11.9 Å². The molecule has 2 saturated carbocycles. The molecule has 0 aliphatic heterocycles. The molecule has 17 heavy (non-hydrogen) atoms. The van der Waals surface area contributed by atoms with Crippen LogP contribution < -0.4 is 5.32 Å². The third kappa shape index (κ3) is 3.19. The van der Waals surface area contributed by atoms with Crippen LogP contribution in [0.15, 0.2) is 0 Å². The molecule has 0 bridgehead atoms. The van der Waals surface area contributed by atoms with Crippen LogP contribution in [0.2, 0.25) is 0 Å². The summed E-state index contributed by atoms with van der Waals surface area (Å²) in [4.78, 5) is 22.2. The fourth-order valence-electron chi connectivity index (χ4n) is 2.58. The van der Waals surface area contributed by atoms with Gasteiger partial charge in [-0.05, 0) is 31.6 Å². The van der Waals surface area contributed by atoms with Gasteiger partial charge in [0.05, 0.1) is 17.9 Å². The molecule has 5 nitrogen and oxygen atoms in total. The number of aliphatic hydroxyl groups is 1. The number of amides is 1. The van der Waals surface area contributed by atoms with Gasteiger partial charge in [-0.1, -0.05) is 6.42 Å². The standard InChI is InChI=1S/C12H19NO4/c14-8-3-1-2-7(4-8)6-13-11(15)9-5-10(9)12(16)17/h7-10,14H,1-6H2,(H,13,15)(H,16,17). The minimum Gasteiger partial charge on any atom is -0.481 e. The van der Waals surface area contributed by atoms with Gasteiger partial charge in [0.2, 0.25) is 5.91 Å². The van der Waals surface area contributed by atoms with E-state index in [0.29, 0.717) is 18.9 Å². The zero-order chi connectivity index (χ0) is 12.4. The molecule has 4 unspecified atom stereocenters. The van der Waals surface area contributed by atoms with E-state index >= 15 is 0 Å². The number of carbonyl (C=O) groups excluding carboxylic acids is 1. The Hall–Kier alpha value is -1.10. The number of rotatable bonds is 4. The molecular weight excluding hydrogens is 222 g/mol. The second-order valence-electron chi connectivity index (χ2n) is 5.22. The highest BCUT2D eigenvalue weighted by Crippen LogP contribution is 2.38. The van der Waals surface area contributed by atoms with Crippen LogP contribution in [0.4, 0.5) is 0 Å². The summed E-state index contributed by atoms with van der Waals surface area (Å²) in [5.74, 6) is -1.49. The molecule has 0 aromatic heterocycles. The molecule has 0 saturated heterocycles. The molecule has 3 N–H and O–H groups in total. The number of hydrogen-bond donors (Lipinski definition) is 3. The molecule has 2 aliphatic rings. The Labute approximate surface area is 100 Å². The first-order valence-corrected chi connectivity index (χ1v) is 6.26. The summed E-state index contributed by atoms with van der Waals surface area (Å²) in [5.41, 5.74) is 0. The van der Waals surface area contributed by atoms with Crippen molar-refractivity contribution in [3.05, 3.63) is 0 Å². The Kier molecular flexibility index (Phi) is 3.66. The van der Waals surface area contributed by atoms with E-state index in [1.807, 2.05) is 0 Å². The summed E-state index contributed by atoms with van der Waals surface area (Å²) < 4.78 is 0. The van der Waals surface area contributed by atoms with Crippen molar-refractivity contribution in [3.63, 3.8) is 0 Å². The van der Waals surface area contributed by atoms with Crippen molar-refractivity contribution in [2.45, 2.75) is 38.2 Å². The van der Waals surface area contributed by atoms with Crippen molar-refractivity contribution in [3.8, 4) is 0 Å². The van der Waals surface area contributed by atoms with E-state index in [4.69, 9.17) is 5.11 Å². The van der Waals surface area contributed by atoms with Gasteiger partial charge in [0.25, 0.3) is 0 Å². The third-order valence-corrected chi connectivity index (χ3v) is 3.76. The van der Waals surface area contributed by atoms with Crippen molar-refractivity contribution in [1.82, 2.24) is 5.32 Å². The number of aliphatic hydroxyl groups excluding tert-OH is 1. The van der Waals surface area contributed by atoms with E-state index in [1.165, 1.54) is 0 Å². The van der Waals surface area contributed by atoms with E-state index in [2.05, 4.69) is 5.32 Å². The molecular formula is C12H19NO4. The molecule has 5 heteroatoms. The summed E-state index contributed by atoms with van der Waals surface area (Å²) in [6.45, 7) is 0.568. The molecule has 2 rings (SSSR count). The monoisotopic (exact) mass is 241 g/mol. The summed E-state index contributed by atoms with van der Waals surface area (Å²) in [5, 5.41) is 21.0. The van der Waals surface area contributed by atoms with E-state index in [-0.39, 0.29) is 17.9 Å². The van der Waals surface area contributed by atoms with E-state index in [1.54, 1.807) is 0 Å². The summed E-state index contributed by atoms with van der Waals surface area (Å²) in [7, 11) is 0. The first-order chi connectivity index (χ1) is 8.08. The van der Waals surface area contributed by atoms with Gasteiger partial charge in [0, 0.05) is 6.54 Å². The van der Waals surface area contributed by atoms with Gasteiger partial charge in [-0.2, -0.15) is 0 Å². The lowest BCUT2D eigenvalue weighted by atomic mass is 9.87. The number of carboxylic acid groups (broad SMARTS) is 1. The normalized spacial score (nSPS) is 36.3. The van der Waals surface area contributed by atoms with Gasteiger partial charge in [-0.3, -0.25) is 9.59 Å². The minimum atomic E-state index is -0.877. The van der Waals surface area contributed by atoms with Crippen molar-refractivity contribution in [2.75, 3.05) is 6.54 Å². The number of carbonyl (C=O) groups is 2. The highest BCUT2D eigenvalue weighted by atomic mass is 16.4. The average molecular weight is 241 g/mol. The van der Waals surface area contributed by atoms with E-state index in [9.17, 15) is 14.7 Å². The minimum absolute atomic E-state index is 0.141. The second kappa shape index (κ2) is 5.04. The number of hydrogen-bond acceptors (Lipinski definition) is 3. The van der Waals surface area contributed by atoms with Crippen molar-refractivity contribution in [2.24, 2.45) is 17.8 Å². The second-order valence-corrected chi connectivity index (χ2v) is 5.22. The predicted molar refractivity (Wildman–Crippen MR) is 60.2 cm³/mol. The van der Waals surface area contributed by atoms with Gasteiger partial charge in [-0.15, -0.1) is 0 Å². The Morgan fingerprint density at radius 3 is 2.53 bits per heavy atom. The number of nitrogens with one attached hydrogen (secondary N) is 1. The van der Waals surface area contributed by atoms with Crippen molar-refractivity contribution in [1.29, 1.82) is 0 Å². The smallest absolute Gasteiger partial charge is 0.307 e. The van der Waals surface area contributed by atoms with Gasteiger partial charge >= 0.3 is 5.97 Å². The largest absolute Gasteiger partial charge is 0.481 e. The van der Waals surface area contributed by atoms with Crippen LogP contribution in [0, 0.1) is 17.8 Å². The summed E-state index contributed by atoms with van der Waals surface area (Å²) in [6, 6.07) is 0. The maximum Gasteiger partial charge on any atom is 0.307 e. The fraction of sp³-hybridized carbons (Fsp3) is 0.833. The van der Waals surface area contributed by atoms with Crippen LogP contribution in [0.5, 0.6) is 0 Å². The molecule has 0 radical (unpaired) electrons. The molecule has 0 heterocycles. The third-order valence-electron chi connectivity index (χ3n) is 3.76. The number of aliphatic carboxylic acids is 1. The lowest BCUT2D eigenvalue weighted by Crippen LogP contribution is -2.34. The molecule has 0 aromatic carbocycles. The Bertz CT molecular complexity index is 318. The Morgan fingerprint density at radius 1 is 1.18 bits per heavy atom. The lowest BCUT2D eigenvalue weighted by Gasteiger charge is -2.25. The Balaban J connectivity index is 1.68. The van der Waals surface area contributed by atoms with Crippen molar-refractivity contribution >= 4 is 11.9 Å². The van der Waals surface area contributed by atoms with Crippen LogP contribution in [-0.4, -0.2) is 34.7 Å². The van der Waals surface area contributed by atoms with Crippen molar-refractivity contribution < 1.29 is 19.8 Å². The molecule has 2 aliphatic carbocycles. The number of carboxylic acids is 1. The molecule has 0 spiro atoms. The molecule has 96 valence electrons. The SMILES string of the molecule is O=C(O)C1CC1C(=O)NCC1CCCC(O)C1.